The number of carbonyl (C=O) groups is 1. The van der Waals surface area contributed by atoms with Gasteiger partial charge in [-0.25, -0.2) is 14.8 Å². The summed E-state index contributed by atoms with van der Waals surface area (Å²) < 4.78 is 23.4. The zero-order valence-corrected chi connectivity index (χ0v) is 45.2. The van der Waals surface area contributed by atoms with Crippen LogP contribution in [0.5, 0.6) is 0 Å². The molecular weight excluding hydrogens is 981 g/mol. The Hall–Kier alpha value is -8.05. The molecule has 3 aliphatic rings. The number of H-pyrrole nitrogens is 2. The molecule has 6 heterocycles. The second kappa shape index (κ2) is 24.1. The highest BCUT2D eigenvalue weighted by molar-refractivity contribution is 6.04. The number of nitrogens with one attached hydrogen (secondary N) is 4. The summed E-state index contributed by atoms with van der Waals surface area (Å²) in [6.45, 7) is 18.2. The molecule has 15 nitrogen and oxygen atoms in total. The molecule has 0 aliphatic carbocycles. The minimum Gasteiger partial charge on any atom is -0.378 e. The fourth-order valence-corrected chi connectivity index (χ4v) is 11.0. The predicted octanol–water partition coefficient (Wildman–Crippen LogP) is 12.6. The van der Waals surface area contributed by atoms with Crippen LogP contribution in [0.1, 0.15) is 56.2 Å². The molecule has 1 saturated heterocycles. The van der Waals surface area contributed by atoms with E-state index in [1.807, 2.05) is 66.8 Å². The average Bonchev–Trinajstić information content (AvgIpc) is 4.43. The van der Waals surface area contributed by atoms with Gasteiger partial charge in [0.25, 0.3) is 5.69 Å². The number of nitrogens with zero attached hydrogens (tertiary/aromatic N) is 4. The van der Waals surface area contributed by atoms with Gasteiger partial charge in [0, 0.05) is 82.1 Å². The highest BCUT2D eigenvalue weighted by Crippen LogP contribution is 2.43. The van der Waals surface area contributed by atoms with E-state index >= 15 is 0 Å². The summed E-state index contributed by atoms with van der Waals surface area (Å²) in [6, 6.07) is 31.2. The van der Waals surface area contributed by atoms with Crippen LogP contribution >= 0.6 is 0 Å². The Kier molecular flexibility index (Phi) is 16.5. The van der Waals surface area contributed by atoms with Gasteiger partial charge in [-0.05, 0) is 136 Å². The smallest absolute Gasteiger partial charge is 0.322 e. The molecule has 0 saturated carbocycles. The van der Waals surface area contributed by atoms with Crippen LogP contribution in [0.15, 0.2) is 97.1 Å². The van der Waals surface area contributed by atoms with Crippen LogP contribution in [0.2, 0.25) is 0 Å². The average molecular weight is 1050 g/mol. The van der Waals surface area contributed by atoms with Crippen molar-refractivity contribution in [2.45, 2.75) is 41.5 Å². The second-order valence-electron chi connectivity index (χ2n) is 20.0. The largest absolute Gasteiger partial charge is 0.378 e. The first-order valence-electron chi connectivity index (χ1n) is 26.7. The molecule has 7 aromatic rings. The minimum absolute atomic E-state index is 0.0322. The Morgan fingerprint density at radius 3 is 1.38 bits per heavy atom. The Labute approximate surface area is 454 Å². The third kappa shape index (κ3) is 11.6. The lowest BCUT2D eigenvalue weighted by atomic mass is 9.92. The molecule has 10 rings (SSSR count). The number of fused-ring (bicyclic) bond motifs is 8. The number of aromatic amines is 2. The Balaban J connectivity index is 1.21. The van der Waals surface area contributed by atoms with Crippen LogP contribution in [0.25, 0.3) is 90.9 Å². The van der Waals surface area contributed by atoms with Gasteiger partial charge < -0.3 is 44.4 Å². The quantitative estimate of drug-likeness (QED) is 0.0924. The van der Waals surface area contributed by atoms with E-state index in [4.69, 9.17) is 28.9 Å². The molecule has 3 aromatic heterocycles. The zero-order valence-electron chi connectivity index (χ0n) is 45.2. The molecule has 2 amide bonds. The standard InChI is InChI=1S/C63H66N8O7/c1-39-35-41(3)57(42(4)36-39)61-52-19-15-48(65-52)59(45-11-7-9-13-47(45)69-63(72)70-25-29-77-33-31-75-27-23-64-24-28-76-32-34-78-30-26-70)49-16-20-53(66-49)62(58-43(5)37-40(2)38-44(58)6)55-22-18-51(68-55)60(50-17-21-54(61)67-50)46-12-8-10-14-56(46)71(73)74/h7-22,35-38,64-65,68H,23-34H2,1-6H3,(H,69,72). The summed E-state index contributed by atoms with van der Waals surface area (Å²) in [5.41, 5.74) is 19.0. The maximum Gasteiger partial charge on any atom is 0.322 e. The number of nitro groups is 1. The number of benzene rings is 4. The summed E-state index contributed by atoms with van der Waals surface area (Å²) in [5.74, 6) is 0. The van der Waals surface area contributed by atoms with E-state index in [0.717, 1.165) is 96.4 Å². The summed E-state index contributed by atoms with van der Waals surface area (Å²) in [5, 5.41) is 19.4. The fourth-order valence-electron chi connectivity index (χ4n) is 11.0. The lowest BCUT2D eigenvalue weighted by molar-refractivity contribution is -0.384. The van der Waals surface area contributed by atoms with E-state index in [9.17, 15) is 14.9 Å². The van der Waals surface area contributed by atoms with Gasteiger partial charge >= 0.3 is 6.03 Å². The van der Waals surface area contributed by atoms with Gasteiger partial charge in [0.2, 0.25) is 0 Å². The number of aryl methyl sites for hydroxylation is 6. The Bertz CT molecular complexity index is 3530. The maximum absolute atomic E-state index is 14.6. The first-order chi connectivity index (χ1) is 37.9. The molecule has 15 heteroatoms. The number of carbonyl (C=O) groups excluding carboxylic acids is 1. The van der Waals surface area contributed by atoms with Crippen LogP contribution in [0.4, 0.5) is 16.2 Å². The second-order valence-corrected chi connectivity index (χ2v) is 20.0. The van der Waals surface area contributed by atoms with Crippen molar-refractivity contribution in [2.24, 2.45) is 0 Å². The van der Waals surface area contributed by atoms with Gasteiger partial charge in [0.15, 0.2) is 0 Å². The highest BCUT2D eigenvalue weighted by Gasteiger charge is 2.25. The van der Waals surface area contributed by atoms with Gasteiger partial charge in [-0.15, -0.1) is 0 Å². The molecule has 0 radical (unpaired) electrons. The molecule has 0 atom stereocenters. The monoisotopic (exact) mass is 1050 g/mol. The van der Waals surface area contributed by atoms with Crippen molar-refractivity contribution < 1.29 is 28.7 Å². The van der Waals surface area contributed by atoms with E-state index in [2.05, 4.69) is 98.5 Å². The minimum atomic E-state index is -0.337. The van der Waals surface area contributed by atoms with E-state index in [-0.39, 0.29) is 16.6 Å². The topological polar surface area (TPSA) is 182 Å². The van der Waals surface area contributed by atoms with Crippen molar-refractivity contribution in [1.82, 2.24) is 30.2 Å². The number of urea groups is 1. The fraction of sp³-hybridized carbons (Fsp3) is 0.286. The molecule has 4 N–H and O–H groups in total. The molecule has 3 aliphatic heterocycles. The number of hydrogen-bond acceptors (Lipinski definition) is 10. The Morgan fingerprint density at radius 2 is 0.910 bits per heavy atom. The van der Waals surface area contributed by atoms with E-state index in [1.54, 1.807) is 17.0 Å². The molecule has 78 heavy (non-hydrogen) atoms. The molecule has 0 unspecified atom stereocenters. The molecule has 0 spiro atoms. The number of anilines is 1. The van der Waals surface area contributed by atoms with Crippen molar-refractivity contribution in [3.05, 3.63) is 163 Å². The number of ether oxygens (including phenoxy) is 4. The van der Waals surface area contributed by atoms with E-state index < -0.39 is 0 Å². The third-order valence-corrected chi connectivity index (χ3v) is 14.3. The van der Waals surface area contributed by atoms with Gasteiger partial charge in [0.1, 0.15) is 0 Å². The van der Waals surface area contributed by atoms with Crippen molar-refractivity contribution >= 4 is 63.8 Å². The number of para-hydroxylation sites is 2. The number of amides is 2. The van der Waals surface area contributed by atoms with Crippen molar-refractivity contribution in [3.63, 3.8) is 0 Å². The van der Waals surface area contributed by atoms with Gasteiger partial charge in [0.05, 0.1) is 91.8 Å². The molecular formula is C63H66N8O7. The number of hydrogen-bond donors (Lipinski definition) is 4. The van der Waals surface area contributed by atoms with E-state index in [0.29, 0.717) is 111 Å². The molecule has 1 fully saturated rings. The molecule has 400 valence electrons. The number of rotatable bonds is 6. The van der Waals surface area contributed by atoms with Crippen LogP contribution in [-0.2, 0) is 18.9 Å². The van der Waals surface area contributed by atoms with Crippen molar-refractivity contribution in [2.75, 3.05) is 84.4 Å². The van der Waals surface area contributed by atoms with Crippen molar-refractivity contribution in [3.8, 4) is 44.5 Å². The lowest BCUT2D eigenvalue weighted by Crippen LogP contribution is -2.40. The van der Waals surface area contributed by atoms with Gasteiger partial charge in [-0.3, -0.25) is 10.1 Å². The van der Waals surface area contributed by atoms with E-state index in [1.165, 1.54) is 6.07 Å². The van der Waals surface area contributed by atoms with Crippen LogP contribution in [0, 0.1) is 51.7 Å². The summed E-state index contributed by atoms with van der Waals surface area (Å²) in [6.07, 6.45) is 8.03. The maximum atomic E-state index is 14.6. The van der Waals surface area contributed by atoms with Crippen LogP contribution < -0.4 is 10.6 Å². The first kappa shape index (κ1) is 53.4. The predicted molar refractivity (Wildman–Crippen MR) is 312 cm³/mol. The number of nitro benzene ring substituents is 1. The molecule has 8 bridgehead atoms. The SMILES string of the molecule is Cc1cc(C)c(-c2c3nc(c(-c4ccccc4[N+](=O)[O-])c4ccc([nH]4)c(-c4c(C)cc(C)cc4C)c4nc(c(-c5ccccc5NC(=O)N5CCOCCOCCNCCOCCOCC5)c5ccc2[nH]5)C=C4)C=C3)c(C)c1. The van der Waals surface area contributed by atoms with Gasteiger partial charge in [-0.2, -0.15) is 0 Å². The molecule has 4 aromatic carbocycles. The summed E-state index contributed by atoms with van der Waals surface area (Å²) >= 11 is 0. The van der Waals surface area contributed by atoms with Crippen LogP contribution in [-0.4, -0.2) is 115 Å². The van der Waals surface area contributed by atoms with Crippen LogP contribution in [0.3, 0.4) is 0 Å². The first-order valence-corrected chi connectivity index (χ1v) is 26.7. The zero-order chi connectivity index (χ0) is 54.3. The lowest BCUT2D eigenvalue weighted by Gasteiger charge is -2.24. The highest BCUT2D eigenvalue weighted by atomic mass is 16.6. The van der Waals surface area contributed by atoms with Gasteiger partial charge in [-0.1, -0.05) is 65.7 Å². The normalized spacial score (nSPS) is 15.0. The van der Waals surface area contributed by atoms with Crippen molar-refractivity contribution in [1.29, 1.82) is 0 Å². The summed E-state index contributed by atoms with van der Waals surface area (Å²) in [4.78, 5) is 47.5. The third-order valence-electron chi connectivity index (χ3n) is 14.3. The summed E-state index contributed by atoms with van der Waals surface area (Å²) in [7, 11) is 0. The Morgan fingerprint density at radius 1 is 0.513 bits per heavy atom. The number of aromatic nitrogens is 4.